The van der Waals surface area contributed by atoms with Crippen molar-refractivity contribution >= 4 is 17.3 Å². The van der Waals surface area contributed by atoms with Gasteiger partial charge in [-0.25, -0.2) is 0 Å². The van der Waals surface area contributed by atoms with Crippen molar-refractivity contribution in [2.24, 2.45) is 11.6 Å². The molecule has 0 radical (unpaired) electrons. The molecule has 0 heterocycles. The van der Waals surface area contributed by atoms with Gasteiger partial charge in [0.15, 0.2) is 0 Å². The molecule has 8 nitrogen and oxygen atoms in total. The van der Waals surface area contributed by atoms with Crippen LogP contribution in [-0.4, -0.2) is 29.3 Å². The molecule has 1 aromatic carbocycles. The molecule has 1 amide bonds. The van der Waals surface area contributed by atoms with Gasteiger partial charge in [0.25, 0.3) is 5.69 Å². The van der Waals surface area contributed by atoms with E-state index >= 15 is 0 Å². The number of nitrogens with one attached hydrogen (secondary N) is 1. The number of carbonyl (C=O) groups is 1. The van der Waals surface area contributed by atoms with Gasteiger partial charge in [0.2, 0.25) is 5.91 Å². The highest BCUT2D eigenvalue weighted by molar-refractivity contribution is 5.75. The molecule has 0 aliphatic carbocycles. The van der Waals surface area contributed by atoms with E-state index in [1.54, 1.807) is 18.0 Å². The number of nitrogen functional groups attached to an aromatic ring is 1. The minimum absolute atomic E-state index is 0.0880. The topological polar surface area (TPSA) is 128 Å². The summed E-state index contributed by atoms with van der Waals surface area (Å²) in [6, 6.07) is 4.62. The van der Waals surface area contributed by atoms with Crippen molar-refractivity contribution in [3.8, 4) is 0 Å². The lowest BCUT2D eigenvalue weighted by Crippen LogP contribution is -2.30. The number of nitrogens with two attached hydrogens (primary N) is 2. The lowest BCUT2D eigenvalue weighted by atomic mass is 10.1. The Bertz CT molecular complexity index is 463. The predicted molar refractivity (Wildman–Crippen MR) is 66.4 cm³/mol. The third kappa shape index (κ3) is 3.68. The highest BCUT2D eigenvalue weighted by Gasteiger charge is 2.14. The maximum absolute atomic E-state index is 10.8. The van der Waals surface area contributed by atoms with E-state index in [0.717, 1.165) is 0 Å². The quantitative estimate of drug-likeness (QED) is 0.366. The number of likely N-dealkylation sites (N-methyl/N-ethyl adjacent to an activating group) is 1. The van der Waals surface area contributed by atoms with Crippen LogP contribution in [-0.2, 0) is 11.3 Å². The zero-order valence-electron chi connectivity index (χ0n) is 9.92. The second-order valence-electron chi connectivity index (χ2n) is 3.89. The standard InChI is InChI=1S/C10H15N5O3/c1-14(6-10(11)16)5-7-2-3-8(13-12)9(4-7)15(17)18/h2-4,13H,5-6,12H2,1H3,(H2,11,16). The van der Waals surface area contributed by atoms with E-state index in [4.69, 9.17) is 11.6 Å². The molecule has 0 aliphatic rings. The molecule has 5 N–H and O–H groups in total. The van der Waals surface area contributed by atoms with Crippen molar-refractivity contribution in [3.05, 3.63) is 33.9 Å². The first kappa shape index (κ1) is 13.9. The van der Waals surface area contributed by atoms with Crippen LogP contribution in [0.15, 0.2) is 18.2 Å². The molecular weight excluding hydrogens is 238 g/mol. The second kappa shape index (κ2) is 5.94. The number of primary amides is 1. The van der Waals surface area contributed by atoms with Gasteiger partial charge in [-0.15, -0.1) is 0 Å². The van der Waals surface area contributed by atoms with Gasteiger partial charge in [0, 0.05) is 12.6 Å². The monoisotopic (exact) mass is 253 g/mol. The van der Waals surface area contributed by atoms with Crippen LogP contribution in [0.5, 0.6) is 0 Å². The molecular formula is C10H15N5O3. The van der Waals surface area contributed by atoms with Gasteiger partial charge in [-0.3, -0.25) is 25.7 Å². The number of anilines is 1. The summed E-state index contributed by atoms with van der Waals surface area (Å²) in [6.07, 6.45) is 0. The molecule has 0 bridgehead atoms. The second-order valence-corrected chi connectivity index (χ2v) is 3.89. The summed E-state index contributed by atoms with van der Waals surface area (Å²) in [7, 11) is 1.70. The van der Waals surface area contributed by atoms with Gasteiger partial charge in [-0.05, 0) is 18.7 Å². The van der Waals surface area contributed by atoms with Crippen molar-refractivity contribution in [3.63, 3.8) is 0 Å². The Balaban J connectivity index is 2.88. The summed E-state index contributed by atoms with van der Waals surface area (Å²) in [5.74, 6) is 4.73. The lowest BCUT2D eigenvalue weighted by molar-refractivity contribution is -0.384. The molecule has 1 rings (SSSR count). The van der Waals surface area contributed by atoms with Gasteiger partial charge in [-0.1, -0.05) is 6.07 Å². The molecule has 1 aromatic rings. The van der Waals surface area contributed by atoms with Crippen LogP contribution in [0.25, 0.3) is 0 Å². The fourth-order valence-corrected chi connectivity index (χ4v) is 1.58. The minimum Gasteiger partial charge on any atom is -0.369 e. The van der Waals surface area contributed by atoms with Crippen molar-refractivity contribution < 1.29 is 9.72 Å². The fourth-order valence-electron chi connectivity index (χ4n) is 1.58. The van der Waals surface area contributed by atoms with Crippen LogP contribution in [0.1, 0.15) is 5.56 Å². The third-order valence-electron chi connectivity index (χ3n) is 2.29. The van der Waals surface area contributed by atoms with Crippen LogP contribution >= 0.6 is 0 Å². The van der Waals surface area contributed by atoms with Crippen LogP contribution in [0.2, 0.25) is 0 Å². The molecule has 0 aliphatic heterocycles. The Morgan fingerprint density at radius 1 is 1.56 bits per heavy atom. The van der Waals surface area contributed by atoms with Crippen LogP contribution < -0.4 is 17.0 Å². The first-order valence-corrected chi connectivity index (χ1v) is 5.15. The van der Waals surface area contributed by atoms with Crippen molar-refractivity contribution in [1.82, 2.24) is 4.90 Å². The zero-order valence-corrected chi connectivity index (χ0v) is 9.92. The summed E-state index contributed by atoms with van der Waals surface area (Å²) in [4.78, 5) is 22.7. The summed E-state index contributed by atoms with van der Waals surface area (Å²) < 4.78 is 0. The summed E-state index contributed by atoms with van der Waals surface area (Å²) in [6.45, 7) is 0.472. The number of rotatable bonds is 6. The molecule has 0 atom stereocenters. The minimum atomic E-state index is -0.521. The highest BCUT2D eigenvalue weighted by Crippen LogP contribution is 2.24. The van der Waals surface area contributed by atoms with Crippen molar-refractivity contribution in [2.75, 3.05) is 19.0 Å². The number of hydrogen-bond acceptors (Lipinski definition) is 6. The summed E-state index contributed by atoms with van der Waals surface area (Å²) in [5, 5.41) is 10.8. The molecule has 0 saturated carbocycles. The Morgan fingerprint density at radius 2 is 2.22 bits per heavy atom. The number of benzene rings is 1. The van der Waals surface area contributed by atoms with E-state index in [-0.39, 0.29) is 17.9 Å². The Hall–Kier alpha value is -2.19. The zero-order chi connectivity index (χ0) is 13.7. The average molecular weight is 253 g/mol. The number of carbonyl (C=O) groups excluding carboxylic acids is 1. The summed E-state index contributed by atoms with van der Waals surface area (Å²) in [5.41, 5.74) is 8.14. The maximum Gasteiger partial charge on any atom is 0.293 e. The number of amides is 1. The Labute approximate surface area is 104 Å². The SMILES string of the molecule is CN(CC(N)=O)Cc1ccc(NN)c([N+](=O)[O-])c1. The smallest absolute Gasteiger partial charge is 0.293 e. The number of hydrazine groups is 1. The molecule has 0 fully saturated rings. The molecule has 0 aromatic heterocycles. The fraction of sp³-hybridized carbons (Fsp3) is 0.300. The van der Waals surface area contributed by atoms with E-state index in [1.807, 2.05) is 0 Å². The van der Waals surface area contributed by atoms with Crippen LogP contribution in [0.3, 0.4) is 0 Å². The van der Waals surface area contributed by atoms with Gasteiger partial charge in [0.1, 0.15) is 5.69 Å². The van der Waals surface area contributed by atoms with Crippen molar-refractivity contribution in [1.29, 1.82) is 0 Å². The molecule has 0 spiro atoms. The van der Waals surface area contributed by atoms with E-state index in [0.29, 0.717) is 12.1 Å². The Morgan fingerprint density at radius 3 is 2.72 bits per heavy atom. The van der Waals surface area contributed by atoms with Crippen molar-refractivity contribution in [2.45, 2.75) is 6.54 Å². The number of hydrogen-bond donors (Lipinski definition) is 3. The van der Waals surface area contributed by atoms with Gasteiger partial charge in [0.05, 0.1) is 11.5 Å². The first-order valence-electron chi connectivity index (χ1n) is 5.15. The summed E-state index contributed by atoms with van der Waals surface area (Å²) >= 11 is 0. The molecule has 98 valence electrons. The molecule has 0 saturated heterocycles. The lowest BCUT2D eigenvalue weighted by Gasteiger charge is -2.14. The normalized spacial score (nSPS) is 10.4. The van der Waals surface area contributed by atoms with Gasteiger partial charge < -0.3 is 11.2 Å². The predicted octanol–water partition coefficient (Wildman–Crippen LogP) is -0.202. The number of nitrogens with zero attached hydrogens (tertiary/aromatic N) is 2. The van der Waals surface area contributed by atoms with Gasteiger partial charge in [-0.2, -0.15) is 0 Å². The van der Waals surface area contributed by atoms with Crippen LogP contribution in [0.4, 0.5) is 11.4 Å². The van der Waals surface area contributed by atoms with Crippen LogP contribution in [0, 0.1) is 10.1 Å². The van der Waals surface area contributed by atoms with E-state index in [1.165, 1.54) is 12.1 Å². The van der Waals surface area contributed by atoms with E-state index in [9.17, 15) is 14.9 Å². The highest BCUT2D eigenvalue weighted by atomic mass is 16.6. The first-order chi connectivity index (χ1) is 8.43. The van der Waals surface area contributed by atoms with E-state index in [2.05, 4.69) is 5.43 Å². The largest absolute Gasteiger partial charge is 0.369 e. The molecule has 0 unspecified atom stereocenters. The molecule has 18 heavy (non-hydrogen) atoms. The number of nitro groups is 1. The van der Waals surface area contributed by atoms with E-state index < -0.39 is 10.8 Å². The van der Waals surface area contributed by atoms with Gasteiger partial charge >= 0.3 is 0 Å². The average Bonchev–Trinajstić information content (AvgIpc) is 2.27. The Kier molecular flexibility index (Phi) is 4.58. The number of nitro benzene ring substituents is 1. The third-order valence-corrected chi connectivity index (χ3v) is 2.29. The maximum atomic E-state index is 10.8. The molecule has 8 heteroatoms.